The molecule has 0 bridgehead atoms. The first-order chi connectivity index (χ1) is 10.8. The van der Waals surface area contributed by atoms with Crippen LogP contribution in [-0.4, -0.2) is 77.9 Å². The summed E-state index contributed by atoms with van der Waals surface area (Å²) in [6, 6.07) is 0. The quantitative estimate of drug-likeness (QED) is 0.357. The maximum absolute atomic E-state index is 11.3. The van der Waals surface area contributed by atoms with E-state index in [9.17, 15) is 4.79 Å². The van der Waals surface area contributed by atoms with Crippen LogP contribution in [0.15, 0.2) is 11.9 Å². The van der Waals surface area contributed by atoms with Crippen LogP contribution in [0.1, 0.15) is 0 Å². The Balaban J connectivity index is 1.88. The van der Waals surface area contributed by atoms with Gasteiger partial charge in [-0.15, -0.1) is 5.53 Å². The van der Waals surface area contributed by atoms with Crippen molar-refractivity contribution < 1.29 is 23.7 Å². The number of hydrogen-bond acceptors (Lipinski definition) is 8. The zero-order valence-electron chi connectivity index (χ0n) is 13.2. The molecule has 0 saturated carbocycles. The van der Waals surface area contributed by atoms with E-state index < -0.39 is 0 Å². The minimum atomic E-state index is -0.169. The zero-order valence-corrected chi connectivity index (χ0v) is 13.2. The molecule has 0 atom stereocenters. The van der Waals surface area contributed by atoms with Gasteiger partial charge in [-0.05, 0) is 0 Å². The van der Waals surface area contributed by atoms with Crippen LogP contribution in [0.3, 0.4) is 0 Å². The van der Waals surface area contributed by atoms with Crippen LogP contribution in [0.5, 0.6) is 0 Å². The van der Waals surface area contributed by atoms with Crippen molar-refractivity contribution in [3.63, 3.8) is 0 Å². The van der Waals surface area contributed by atoms with Crippen LogP contribution in [0, 0.1) is 0 Å². The number of carbonyl (C=O) groups is 1. The minimum Gasteiger partial charge on any atom is -0.382 e. The van der Waals surface area contributed by atoms with Gasteiger partial charge in [-0.3, -0.25) is 15.2 Å². The molecule has 1 aliphatic rings. The lowest BCUT2D eigenvalue weighted by molar-refractivity contribution is -0.117. The smallest absolute Gasteiger partial charge is 0.270 e. The average Bonchev–Trinajstić information content (AvgIpc) is 3.00. The standard InChI is InChI=1S/C13H26N4O5/c1-14-13(18)12-11-17(16-15-12)3-4-20-7-8-22-10-9-21-6-5-19-2/h11,15-16H,3-10H2,1-2H3,(H,14,18). The average molecular weight is 318 g/mol. The first-order valence-electron chi connectivity index (χ1n) is 7.22. The molecule has 0 aromatic carbocycles. The third-order valence-corrected chi connectivity index (χ3v) is 2.74. The maximum Gasteiger partial charge on any atom is 0.270 e. The van der Waals surface area contributed by atoms with Gasteiger partial charge in [0.05, 0.1) is 52.8 Å². The predicted molar refractivity (Wildman–Crippen MR) is 79.5 cm³/mol. The molecule has 3 N–H and O–H groups in total. The molecule has 0 fully saturated rings. The van der Waals surface area contributed by atoms with E-state index in [1.807, 2.05) is 0 Å². The molecular weight excluding hydrogens is 292 g/mol. The third kappa shape index (κ3) is 8.15. The first-order valence-corrected chi connectivity index (χ1v) is 7.22. The number of rotatable bonds is 13. The van der Waals surface area contributed by atoms with Crippen molar-refractivity contribution in [3.8, 4) is 0 Å². The fourth-order valence-corrected chi connectivity index (χ4v) is 1.57. The first kappa shape index (κ1) is 18.7. The van der Waals surface area contributed by atoms with Crippen LogP contribution in [-0.2, 0) is 23.7 Å². The van der Waals surface area contributed by atoms with Crippen molar-refractivity contribution in [2.24, 2.45) is 0 Å². The molecule has 0 unspecified atom stereocenters. The highest BCUT2D eigenvalue weighted by Crippen LogP contribution is 1.98. The lowest BCUT2D eigenvalue weighted by atomic mass is 10.4. The molecule has 22 heavy (non-hydrogen) atoms. The number of hydrazine groups is 2. The van der Waals surface area contributed by atoms with Crippen molar-refractivity contribution >= 4 is 5.91 Å². The molecule has 0 spiro atoms. The Morgan fingerprint density at radius 2 is 1.68 bits per heavy atom. The number of ether oxygens (including phenoxy) is 4. The van der Waals surface area contributed by atoms with E-state index in [2.05, 4.69) is 16.3 Å². The second kappa shape index (κ2) is 12.2. The number of amides is 1. The van der Waals surface area contributed by atoms with Crippen LogP contribution in [0.25, 0.3) is 0 Å². The van der Waals surface area contributed by atoms with Crippen LogP contribution < -0.4 is 16.3 Å². The van der Waals surface area contributed by atoms with E-state index >= 15 is 0 Å². The predicted octanol–water partition coefficient (Wildman–Crippen LogP) is -1.41. The van der Waals surface area contributed by atoms with Gasteiger partial charge in [-0.1, -0.05) is 0 Å². The van der Waals surface area contributed by atoms with Crippen LogP contribution in [0.4, 0.5) is 0 Å². The summed E-state index contributed by atoms with van der Waals surface area (Å²) >= 11 is 0. The molecule has 9 heteroatoms. The highest BCUT2D eigenvalue weighted by Gasteiger charge is 2.15. The lowest BCUT2D eigenvalue weighted by Crippen LogP contribution is -2.40. The summed E-state index contributed by atoms with van der Waals surface area (Å²) in [4.78, 5) is 11.3. The molecule has 0 saturated heterocycles. The van der Waals surface area contributed by atoms with Gasteiger partial charge in [0.15, 0.2) is 0 Å². The van der Waals surface area contributed by atoms with E-state index in [-0.39, 0.29) is 5.91 Å². The normalized spacial score (nSPS) is 13.9. The Morgan fingerprint density at radius 3 is 2.27 bits per heavy atom. The van der Waals surface area contributed by atoms with Crippen molar-refractivity contribution in [1.82, 2.24) is 21.3 Å². The summed E-state index contributed by atoms with van der Waals surface area (Å²) in [5.41, 5.74) is 6.09. The van der Waals surface area contributed by atoms with E-state index in [1.54, 1.807) is 25.4 Å². The molecule has 1 amide bonds. The molecule has 1 aliphatic heterocycles. The van der Waals surface area contributed by atoms with Gasteiger partial charge < -0.3 is 24.3 Å². The van der Waals surface area contributed by atoms with E-state index in [4.69, 9.17) is 18.9 Å². The molecular formula is C13H26N4O5. The fraction of sp³-hybridized carbons (Fsp3) is 0.769. The second-order valence-electron chi connectivity index (χ2n) is 4.38. The highest BCUT2D eigenvalue weighted by atomic mass is 16.6. The fourth-order valence-electron chi connectivity index (χ4n) is 1.57. The number of hydrogen-bond donors (Lipinski definition) is 3. The van der Waals surface area contributed by atoms with Gasteiger partial charge in [0.1, 0.15) is 5.70 Å². The number of likely N-dealkylation sites (N-methyl/N-ethyl adjacent to an activating group) is 1. The van der Waals surface area contributed by atoms with E-state index in [0.717, 1.165) is 0 Å². The monoisotopic (exact) mass is 318 g/mol. The van der Waals surface area contributed by atoms with Gasteiger partial charge in [-0.2, -0.15) is 0 Å². The minimum absolute atomic E-state index is 0.169. The Labute approximate surface area is 130 Å². The van der Waals surface area contributed by atoms with Crippen molar-refractivity contribution in [3.05, 3.63) is 11.9 Å². The Kier molecular flexibility index (Phi) is 10.3. The summed E-state index contributed by atoms with van der Waals surface area (Å²) in [6.07, 6.45) is 1.69. The summed E-state index contributed by atoms with van der Waals surface area (Å²) in [5.74, 6) is -0.169. The van der Waals surface area contributed by atoms with Crippen LogP contribution in [0.2, 0.25) is 0 Å². The Bertz CT molecular complexity index is 340. The molecule has 9 nitrogen and oxygen atoms in total. The van der Waals surface area contributed by atoms with Crippen molar-refractivity contribution in [2.75, 3.05) is 67.0 Å². The number of nitrogens with zero attached hydrogens (tertiary/aromatic N) is 1. The molecule has 0 aromatic rings. The van der Waals surface area contributed by atoms with Crippen molar-refractivity contribution in [2.45, 2.75) is 0 Å². The Morgan fingerprint density at radius 1 is 1.09 bits per heavy atom. The zero-order chi connectivity index (χ0) is 16.0. The topological polar surface area (TPSA) is 93.3 Å². The van der Waals surface area contributed by atoms with E-state index in [0.29, 0.717) is 58.5 Å². The molecule has 0 aliphatic carbocycles. The van der Waals surface area contributed by atoms with Gasteiger partial charge in [0.2, 0.25) is 0 Å². The second-order valence-corrected chi connectivity index (χ2v) is 4.38. The SMILES string of the molecule is CNC(=O)C1=CN(CCOCCOCCOCCOC)NN1. The van der Waals surface area contributed by atoms with E-state index in [1.165, 1.54) is 0 Å². The Hall–Kier alpha value is -1.39. The third-order valence-electron chi connectivity index (χ3n) is 2.74. The molecule has 128 valence electrons. The van der Waals surface area contributed by atoms with Crippen molar-refractivity contribution in [1.29, 1.82) is 0 Å². The molecule has 0 aromatic heterocycles. The highest BCUT2D eigenvalue weighted by molar-refractivity contribution is 5.92. The largest absolute Gasteiger partial charge is 0.382 e. The number of carbonyl (C=O) groups excluding carboxylic acids is 1. The van der Waals surface area contributed by atoms with Gasteiger partial charge in [-0.25, -0.2) is 0 Å². The van der Waals surface area contributed by atoms with Crippen LogP contribution >= 0.6 is 0 Å². The maximum atomic E-state index is 11.3. The van der Waals surface area contributed by atoms with Gasteiger partial charge in [0.25, 0.3) is 5.91 Å². The number of nitrogens with one attached hydrogen (secondary N) is 3. The van der Waals surface area contributed by atoms with Gasteiger partial charge >= 0.3 is 0 Å². The summed E-state index contributed by atoms with van der Waals surface area (Å²) in [6.45, 7) is 4.47. The molecule has 0 radical (unpaired) electrons. The molecule has 1 heterocycles. The van der Waals surface area contributed by atoms with Gasteiger partial charge in [0, 0.05) is 20.4 Å². The summed E-state index contributed by atoms with van der Waals surface area (Å²) < 4.78 is 20.9. The lowest BCUT2D eigenvalue weighted by Gasteiger charge is -2.14. The summed E-state index contributed by atoms with van der Waals surface area (Å²) in [7, 11) is 3.22. The number of methoxy groups -OCH3 is 1. The summed E-state index contributed by atoms with van der Waals surface area (Å²) in [5, 5.41) is 4.28. The molecule has 1 rings (SSSR count).